The van der Waals surface area contributed by atoms with Gasteiger partial charge >= 0.3 is 0 Å². The number of benzene rings is 1. The van der Waals surface area contributed by atoms with Gasteiger partial charge in [0.2, 0.25) is 0 Å². The second-order valence-electron chi connectivity index (χ2n) is 8.13. The maximum absolute atomic E-state index is 13.9. The molecule has 2 fully saturated rings. The highest BCUT2D eigenvalue weighted by atomic mass is 19.2. The van der Waals surface area contributed by atoms with E-state index in [9.17, 15) is 8.78 Å². The summed E-state index contributed by atoms with van der Waals surface area (Å²) in [7, 11) is 0. The van der Waals surface area contributed by atoms with Crippen LogP contribution in [0.15, 0.2) is 12.1 Å². The molecule has 0 aromatic heterocycles. The molecule has 3 rings (SSSR count). The minimum Gasteiger partial charge on any atom is -0.203 e. The quantitative estimate of drug-likeness (QED) is 0.527. The van der Waals surface area contributed by atoms with Crippen LogP contribution in [0.3, 0.4) is 0 Å². The predicted octanol–water partition coefficient (Wildman–Crippen LogP) is 6.65. The first-order valence-corrected chi connectivity index (χ1v) is 10.0. The molecule has 2 heteroatoms. The van der Waals surface area contributed by atoms with Gasteiger partial charge in [-0.15, -0.1) is 0 Å². The normalized spacial score (nSPS) is 29.8. The first kappa shape index (κ1) is 18.4. The lowest BCUT2D eigenvalue weighted by atomic mass is 9.69. The Morgan fingerprint density at radius 2 is 1.48 bits per heavy atom. The second-order valence-corrected chi connectivity index (χ2v) is 8.13. The fourth-order valence-electron chi connectivity index (χ4n) is 4.73. The molecule has 0 heterocycles. The maximum Gasteiger partial charge on any atom is 0.174 e. The minimum absolute atomic E-state index is 0.197. The third-order valence-corrected chi connectivity index (χ3v) is 6.59. The molecule has 0 N–H and O–H groups in total. The Hall–Kier alpha value is -1.36. The van der Waals surface area contributed by atoms with Crippen LogP contribution in [-0.2, 0) is 0 Å². The Morgan fingerprint density at radius 1 is 0.880 bits per heavy atom. The van der Waals surface area contributed by atoms with Crippen molar-refractivity contribution in [1.29, 1.82) is 0 Å². The van der Waals surface area contributed by atoms with Crippen LogP contribution >= 0.6 is 0 Å². The van der Waals surface area contributed by atoms with E-state index in [1.54, 1.807) is 19.1 Å². The first-order chi connectivity index (χ1) is 12.1. The Kier molecular flexibility index (Phi) is 6.15. The van der Waals surface area contributed by atoms with Crippen molar-refractivity contribution in [3.63, 3.8) is 0 Å². The highest BCUT2D eigenvalue weighted by Crippen LogP contribution is 2.41. The molecule has 2 saturated carbocycles. The van der Waals surface area contributed by atoms with Gasteiger partial charge in [-0.25, -0.2) is 8.78 Å². The van der Waals surface area contributed by atoms with Gasteiger partial charge in [-0.1, -0.05) is 44.1 Å². The molecule has 2 aliphatic rings. The summed E-state index contributed by atoms with van der Waals surface area (Å²) in [5.41, 5.74) is 0.532. The van der Waals surface area contributed by atoms with Crippen LogP contribution in [0, 0.1) is 54.1 Å². The molecule has 0 unspecified atom stereocenters. The largest absolute Gasteiger partial charge is 0.203 e. The Morgan fingerprint density at radius 3 is 2.08 bits per heavy atom. The average Bonchev–Trinajstić information content (AvgIpc) is 2.66. The van der Waals surface area contributed by atoms with Crippen LogP contribution in [0.4, 0.5) is 8.78 Å². The molecule has 0 spiro atoms. The fourth-order valence-corrected chi connectivity index (χ4v) is 4.73. The summed E-state index contributed by atoms with van der Waals surface area (Å²) in [5, 5.41) is 0. The van der Waals surface area contributed by atoms with E-state index in [0.717, 1.165) is 30.6 Å². The highest BCUT2D eigenvalue weighted by molar-refractivity contribution is 5.38. The molecular weight excluding hydrogens is 314 g/mol. The lowest BCUT2D eigenvalue weighted by Crippen LogP contribution is -2.25. The molecule has 0 nitrogen and oxygen atoms in total. The molecule has 0 aliphatic heterocycles. The zero-order valence-corrected chi connectivity index (χ0v) is 15.6. The Bertz CT molecular complexity index is 636. The molecule has 0 saturated heterocycles. The highest BCUT2D eigenvalue weighted by Gasteiger charge is 2.30. The number of aryl methyl sites for hydroxylation is 1. The molecule has 1 aromatic carbocycles. The van der Waals surface area contributed by atoms with E-state index in [-0.39, 0.29) is 5.56 Å². The zero-order valence-electron chi connectivity index (χ0n) is 15.6. The average molecular weight is 344 g/mol. The number of hydrogen-bond donors (Lipinski definition) is 0. The van der Waals surface area contributed by atoms with Gasteiger partial charge in [-0.05, 0) is 74.8 Å². The van der Waals surface area contributed by atoms with Gasteiger partial charge in [0.25, 0.3) is 0 Å². The molecule has 0 atom stereocenters. The summed E-state index contributed by atoms with van der Waals surface area (Å²) >= 11 is 0. The van der Waals surface area contributed by atoms with Crippen LogP contribution in [0.1, 0.15) is 75.8 Å². The first-order valence-electron chi connectivity index (χ1n) is 10.0. The lowest BCUT2D eigenvalue weighted by Gasteiger charge is -2.36. The molecule has 25 heavy (non-hydrogen) atoms. The predicted molar refractivity (Wildman–Crippen MR) is 99.2 cm³/mol. The summed E-state index contributed by atoms with van der Waals surface area (Å²) in [6, 6.07) is 3.20. The van der Waals surface area contributed by atoms with Gasteiger partial charge in [-0.2, -0.15) is 0 Å². The Balaban J connectivity index is 1.53. The monoisotopic (exact) mass is 344 g/mol. The van der Waals surface area contributed by atoms with Crippen molar-refractivity contribution in [1.82, 2.24) is 0 Å². The third kappa shape index (κ3) is 4.43. The van der Waals surface area contributed by atoms with Crippen molar-refractivity contribution in [2.75, 3.05) is 0 Å². The van der Waals surface area contributed by atoms with E-state index in [4.69, 9.17) is 0 Å². The molecule has 2 aliphatic carbocycles. The smallest absolute Gasteiger partial charge is 0.174 e. The van der Waals surface area contributed by atoms with Crippen molar-refractivity contribution in [2.24, 2.45) is 23.7 Å². The van der Waals surface area contributed by atoms with Crippen molar-refractivity contribution in [2.45, 2.75) is 71.6 Å². The summed E-state index contributed by atoms with van der Waals surface area (Å²) < 4.78 is 27.5. The van der Waals surface area contributed by atoms with E-state index in [1.807, 2.05) is 0 Å². The minimum atomic E-state index is -0.797. The fraction of sp³-hybridized carbons (Fsp3) is 0.652. The van der Waals surface area contributed by atoms with Gasteiger partial charge in [0, 0.05) is 5.92 Å². The number of rotatable bonds is 2. The third-order valence-electron chi connectivity index (χ3n) is 6.59. The number of hydrogen-bond acceptors (Lipinski definition) is 0. The van der Waals surface area contributed by atoms with Crippen LogP contribution in [-0.4, -0.2) is 0 Å². The van der Waals surface area contributed by atoms with Crippen molar-refractivity contribution >= 4 is 0 Å². The Labute approximate surface area is 151 Å². The van der Waals surface area contributed by atoms with Crippen LogP contribution in [0.2, 0.25) is 0 Å². The SMILES string of the molecule is CCC1CCC(C2CCC(C#Cc3ccc(C)c(F)c3F)CC2)CC1. The zero-order chi connectivity index (χ0) is 17.8. The van der Waals surface area contributed by atoms with Gasteiger partial charge in [0.05, 0.1) is 5.56 Å². The maximum atomic E-state index is 13.9. The molecule has 0 radical (unpaired) electrons. The van der Waals surface area contributed by atoms with Gasteiger partial charge in [-0.3, -0.25) is 0 Å². The standard InChI is InChI=1S/C23H30F2/c1-3-17-5-11-19(12-6-17)20-13-7-18(8-14-20)9-15-21-10-4-16(2)22(24)23(21)25/h4,10,17-20H,3,5-8,11-14H2,1-2H3. The second kappa shape index (κ2) is 8.35. The van der Waals surface area contributed by atoms with Crippen LogP contribution < -0.4 is 0 Å². The van der Waals surface area contributed by atoms with Gasteiger partial charge in [0.1, 0.15) is 0 Å². The summed E-state index contributed by atoms with van der Waals surface area (Å²) in [6.45, 7) is 3.89. The van der Waals surface area contributed by atoms with Crippen LogP contribution in [0.25, 0.3) is 0 Å². The van der Waals surface area contributed by atoms with E-state index >= 15 is 0 Å². The van der Waals surface area contributed by atoms with Gasteiger partial charge < -0.3 is 0 Å². The van der Waals surface area contributed by atoms with Crippen molar-refractivity contribution < 1.29 is 8.78 Å². The molecule has 0 amide bonds. The molecular formula is C23H30F2. The van der Waals surface area contributed by atoms with E-state index in [2.05, 4.69) is 18.8 Å². The summed E-state index contributed by atoms with van der Waals surface area (Å²) in [6.07, 6.45) is 11.7. The number of halogens is 2. The summed E-state index contributed by atoms with van der Waals surface area (Å²) in [5.74, 6) is 7.62. The van der Waals surface area contributed by atoms with Crippen molar-refractivity contribution in [3.05, 3.63) is 34.9 Å². The molecule has 1 aromatic rings. The van der Waals surface area contributed by atoms with Crippen molar-refractivity contribution in [3.8, 4) is 11.8 Å². The summed E-state index contributed by atoms with van der Waals surface area (Å²) in [4.78, 5) is 0. The van der Waals surface area contributed by atoms with E-state index in [0.29, 0.717) is 11.5 Å². The van der Waals surface area contributed by atoms with Crippen LogP contribution in [0.5, 0.6) is 0 Å². The van der Waals surface area contributed by atoms with E-state index in [1.165, 1.54) is 44.9 Å². The van der Waals surface area contributed by atoms with E-state index < -0.39 is 11.6 Å². The topological polar surface area (TPSA) is 0 Å². The van der Waals surface area contributed by atoms with Gasteiger partial charge in [0.15, 0.2) is 11.6 Å². The molecule has 0 bridgehead atoms. The molecule has 136 valence electrons. The lowest BCUT2D eigenvalue weighted by molar-refractivity contribution is 0.156.